The number of hydrogen-bond donors (Lipinski definition) is 0. The van der Waals surface area contributed by atoms with Crippen molar-refractivity contribution in [2.24, 2.45) is 0 Å². The molecule has 0 bridgehead atoms. The lowest BCUT2D eigenvalue weighted by Gasteiger charge is -2.14. The Morgan fingerprint density at radius 3 is 1.23 bits per heavy atom. The second-order valence-electron chi connectivity index (χ2n) is 1.55. The summed E-state index contributed by atoms with van der Waals surface area (Å²) in [6.07, 6.45) is 0. The molecule has 0 aromatic heterocycles. The Hall–Kier alpha value is 0.620. The zero-order chi connectivity index (χ0) is 10.1. The van der Waals surface area contributed by atoms with Crippen LogP contribution in [0.4, 0.5) is 0 Å². The van der Waals surface area contributed by atoms with Gasteiger partial charge in [0, 0.05) is 28.4 Å². The van der Waals surface area contributed by atoms with Gasteiger partial charge in [0.2, 0.25) is 0 Å². The van der Waals surface area contributed by atoms with Gasteiger partial charge in [-0.3, -0.25) is 9.05 Å². The molecule has 0 aromatic carbocycles. The molecule has 0 saturated heterocycles. The smallest absolute Gasteiger partial charge is 0.316 e. The second-order valence-corrected chi connectivity index (χ2v) is 4.42. The maximum absolute atomic E-state index is 5.03. The van der Waals surface area contributed by atoms with Gasteiger partial charge in [-0.15, -0.1) is 0 Å². The van der Waals surface area contributed by atoms with Gasteiger partial charge in [-0.2, -0.15) is 0 Å². The van der Waals surface area contributed by atoms with Crippen molar-refractivity contribution in [1.29, 1.82) is 0 Å². The Kier molecular flexibility index (Phi) is 9.62. The van der Waals surface area contributed by atoms with Crippen molar-refractivity contribution < 1.29 is 27.1 Å². The Labute approximate surface area is 80.4 Å². The van der Waals surface area contributed by atoms with E-state index in [2.05, 4.69) is 0 Å². The molecule has 0 fully saturated rings. The van der Waals surface area contributed by atoms with Crippen LogP contribution in [0.3, 0.4) is 0 Å². The molecule has 0 N–H and O–H groups in total. The summed E-state index contributed by atoms with van der Waals surface area (Å²) in [7, 11) is 3.32. The van der Waals surface area contributed by atoms with Gasteiger partial charge < -0.3 is 18.1 Å². The summed E-state index contributed by atoms with van der Waals surface area (Å²) >= 11 is 0. The molecule has 0 aromatic rings. The summed E-state index contributed by atoms with van der Waals surface area (Å²) in [5.74, 6) is 0. The molecule has 6 nitrogen and oxygen atoms in total. The zero-order valence-electron chi connectivity index (χ0n) is 8.05. The van der Waals surface area contributed by atoms with Crippen molar-refractivity contribution in [3.63, 3.8) is 0 Å². The largest absolute Gasteiger partial charge is 0.334 e. The van der Waals surface area contributed by atoms with Crippen molar-refractivity contribution in [3.8, 4) is 0 Å². The first-order chi connectivity index (χ1) is 6.28. The van der Waals surface area contributed by atoms with E-state index in [9.17, 15) is 0 Å². The van der Waals surface area contributed by atoms with Crippen LogP contribution in [0, 0.1) is 0 Å². The fourth-order valence-electron chi connectivity index (χ4n) is 0.470. The summed E-state index contributed by atoms with van der Waals surface area (Å²) in [4.78, 5) is 0. The van der Waals surface area contributed by atoms with Crippen LogP contribution in [0.15, 0.2) is 0 Å². The molecule has 0 radical (unpaired) electrons. The molecule has 80 valence electrons. The first kappa shape index (κ1) is 13.6. The van der Waals surface area contributed by atoms with Gasteiger partial charge >= 0.3 is 17.2 Å². The third kappa shape index (κ3) is 6.66. The minimum absolute atomic E-state index is 0.0147. The quantitative estimate of drug-likeness (QED) is 0.471. The molecule has 13 heavy (non-hydrogen) atoms. The molecule has 0 rings (SSSR count). The predicted octanol–water partition coefficient (Wildman–Crippen LogP) is 2.02. The molecule has 0 spiro atoms. The predicted molar refractivity (Wildman–Crippen MR) is 48.9 cm³/mol. The second kappa shape index (κ2) is 9.19. The van der Waals surface area contributed by atoms with Gasteiger partial charge in [-0.25, -0.2) is 0 Å². The first-order valence-corrected chi connectivity index (χ1v) is 5.50. The van der Waals surface area contributed by atoms with Crippen LogP contribution in [0.5, 0.6) is 0 Å². The summed E-state index contributed by atoms with van der Waals surface area (Å²) < 4.78 is 29.3. The molecule has 0 atom stereocenters. The molecule has 0 aliphatic heterocycles. The SMILES string of the molecule is COP(OC)OCOP(OC)OC. The van der Waals surface area contributed by atoms with E-state index in [1.165, 1.54) is 28.4 Å². The molecule has 0 amide bonds. The summed E-state index contributed by atoms with van der Waals surface area (Å²) in [5, 5.41) is 0. The Morgan fingerprint density at radius 2 is 1.00 bits per heavy atom. The van der Waals surface area contributed by atoms with Gasteiger partial charge in [0.05, 0.1) is 0 Å². The van der Waals surface area contributed by atoms with E-state index in [1.807, 2.05) is 0 Å². The monoisotopic (exact) mass is 232 g/mol. The molecule has 8 heteroatoms. The molecule has 0 heterocycles. The van der Waals surface area contributed by atoms with Gasteiger partial charge in [-0.1, -0.05) is 0 Å². The molecular weight excluding hydrogens is 218 g/mol. The van der Waals surface area contributed by atoms with Gasteiger partial charge in [0.15, 0.2) is 6.79 Å². The first-order valence-electron chi connectivity index (χ1n) is 3.31. The van der Waals surface area contributed by atoms with Crippen molar-refractivity contribution in [3.05, 3.63) is 0 Å². The van der Waals surface area contributed by atoms with Crippen LogP contribution in [-0.2, 0) is 27.1 Å². The van der Waals surface area contributed by atoms with Crippen LogP contribution in [-0.4, -0.2) is 35.2 Å². The lowest BCUT2D eigenvalue weighted by molar-refractivity contribution is 0.0725. The number of hydrogen-bond acceptors (Lipinski definition) is 6. The highest BCUT2D eigenvalue weighted by Gasteiger charge is 2.11. The van der Waals surface area contributed by atoms with E-state index in [1.54, 1.807) is 0 Å². The van der Waals surface area contributed by atoms with E-state index in [0.717, 1.165) is 0 Å². The molecular formula is C5H14O6P2. The lowest BCUT2D eigenvalue weighted by atomic mass is 11.6. The minimum Gasteiger partial charge on any atom is -0.316 e. The van der Waals surface area contributed by atoms with E-state index >= 15 is 0 Å². The zero-order valence-corrected chi connectivity index (χ0v) is 9.84. The molecule has 0 aliphatic rings. The molecule has 0 unspecified atom stereocenters. The standard InChI is InChI=1S/C5H14O6P2/c1-6-12(7-2)10-5-11-13(8-3)9-4/h5H2,1-4H3. The van der Waals surface area contributed by atoms with Crippen LogP contribution < -0.4 is 0 Å². The average molecular weight is 232 g/mol. The third-order valence-electron chi connectivity index (χ3n) is 0.913. The highest BCUT2D eigenvalue weighted by atomic mass is 31.2. The highest BCUT2D eigenvalue weighted by Crippen LogP contribution is 2.41. The lowest BCUT2D eigenvalue weighted by Crippen LogP contribution is -1.96. The minimum atomic E-state index is -1.32. The van der Waals surface area contributed by atoms with E-state index in [-0.39, 0.29) is 6.79 Å². The summed E-state index contributed by atoms with van der Waals surface area (Å²) in [5.41, 5.74) is 0. The van der Waals surface area contributed by atoms with Crippen molar-refractivity contribution >= 4 is 17.2 Å². The van der Waals surface area contributed by atoms with Crippen molar-refractivity contribution in [1.82, 2.24) is 0 Å². The topological polar surface area (TPSA) is 55.4 Å². The number of rotatable bonds is 8. The Bertz CT molecular complexity index is 95.2. The maximum atomic E-state index is 5.03. The van der Waals surface area contributed by atoms with Crippen LogP contribution >= 0.6 is 17.2 Å². The van der Waals surface area contributed by atoms with Crippen molar-refractivity contribution in [2.75, 3.05) is 35.2 Å². The Morgan fingerprint density at radius 1 is 0.692 bits per heavy atom. The Balaban J connectivity index is 3.41. The average Bonchev–Trinajstić information content (AvgIpc) is 2.19. The fraction of sp³-hybridized carbons (Fsp3) is 1.00. The van der Waals surface area contributed by atoms with E-state index < -0.39 is 17.2 Å². The maximum Gasteiger partial charge on any atom is 0.334 e. The van der Waals surface area contributed by atoms with E-state index in [4.69, 9.17) is 27.1 Å². The van der Waals surface area contributed by atoms with Crippen LogP contribution in [0.2, 0.25) is 0 Å². The summed E-state index contributed by atoms with van der Waals surface area (Å²) in [6, 6.07) is 0. The molecule has 0 saturated carbocycles. The van der Waals surface area contributed by atoms with E-state index in [0.29, 0.717) is 0 Å². The van der Waals surface area contributed by atoms with Gasteiger partial charge in [-0.05, 0) is 0 Å². The van der Waals surface area contributed by atoms with Gasteiger partial charge in [0.25, 0.3) is 0 Å². The fourth-order valence-corrected chi connectivity index (χ4v) is 1.55. The van der Waals surface area contributed by atoms with Crippen molar-refractivity contribution in [2.45, 2.75) is 0 Å². The third-order valence-corrected chi connectivity index (χ3v) is 2.74. The van der Waals surface area contributed by atoms with Gasteiger partial charge in [0.1, 0.15) is 0 Å². The van der Waals surface area contributed by atoms with Crippen LogP contribution in [0.25, 0.3) is 0 Å². The van der Waals surface area contributed by atoms with Crippen LogP contribution in [0.1, 0.15) is 0 Å². The molecule has 0 aliphatic carbocycles. The normalized spacial score (nSPS) is 11.5. The highest BCUT2D eigenvalue weighted by molar-refractivity contribution is 7.42. The summed E-state index contributed by atoms with van der Waals surface area (Å²) in [6.45, 7) is 0.0147.